The van der Waals surface area contributed by atoms with E-state index in [-0.39, 0.29) is 5.28 Å². The minimum absolute atomic E-state index is 0.257. The van der Waals surface area contributed by atoms with Crippen molar-refractivity contribution in [1.82, 2.24) is 9.97 Å². The summed E-state index contributed by atoms with van der Waals surface area (Å²) in [5, 5.41) is 3.19. The molecule has 1 rings (SSSR count). The van der Waals surface area contributed by atoms with Crippen molar-refractivity contribution < 1.29 is 0 Å². The van der Waals surface area contributed by atoms with Crippen LogP contribution in [-0.2, 0) is 6.42 Å². The number of nitrogens with one attached hydrogen (secondary N) is 1. The fourth-order valence-corrected chi connectivity index (χ4v) is 1.04. The molecule has 0 fully saturated rings. The van der Waals surface area contributed by atoms with E-state index in [9.17, 15) is 0 Å². The van der Waals surface area contributed by atoms with Crippen LogP contribution in [0.4, 0.5) is 5.82 Å². The van der Waals surface area contributed by atoms with E-state index in [2.05, 4.69) is 21.9 Å². The van der Waals surface area contributed by atoms with Crippen molar-refractivity contribution in [3.05, 3.63) is 29.7 Å². The molecule has 1 heterocycles. The lowest BCUT2D eigenvalue weighted by atomic mass is 10.2. The Morgan fingerprint density at radius 3 is 3.08 bits per heavy atom. The molecule has 0 bridgehead atoms. The van der Waals surface area contributed by atoms with Gasteiger partial charge < -0.3 is 5.32 Å². The van der Waals surface area contributed by atoms with E-state index in [0.29, 0.717) is 0 Å². The van der Waals surface area contributed by atoms with Gasteiger partial charge in [-0.2, -0.15) is 0 Å². The number of rotatable bonds is 3. The Labute approximate surface area is 76.5 Å². The molecule has 1 N–H and O–H groups in total. The van der Waals surface area contributed by atoms with Gasteiger partial charge in [-0.15, -0.1) is 6.58 Å². The molecule has 0 aliphatic rings. The highest BCUT2D eigenvalue weighted by atomic mass is 35.5. The van der Waals surface area contributed by atoms with Crippen LogP contribution < -0.4 is 5.32 Å². The third kappa shape index (κ3) is 1.95. The molecule has 12 heavy (non-hydrogen) atoms. The van der Waals surface area contributed by atoms with Gasteiger partial charge in [-0.3, -0.25) is 0 Å². The maximum absolute atomic E-state index is 5.61. The van der Waals surface area contributed by atoms with Crippen LogP contribution in [0.5, 0.6) is 0 Å². The number of nitrogens with zero attached hydrogens (tertiary/aromatic N) is 2. The summed E-state index contributed by atoms with van der Waals surface area (Å²) in [7, 11) is 1.80. The molecule has 4 heteroatoms. The van der Waals surface area contributed by atoms with Gasteiger partial charge in [0.15, 0.2) is 0 Å². The van der Waals surface area contributed by atoms with E-state index in [1.54, 1.807) is 19.3 Å². The number of aromatic nitrogens is 2. The van der Waals surface area contributed by atoms with Gasteiger partial charge in [-0.25, -0.2) is 9.97 Å². The monoisotopic (exact) mass is 183 g/mol. The quantitative estimate of drug-likeness (QED) is 0.575. The lowest BCUT2D eigenvalue weighted by Crippen LogP contribution is -1.99. The summed E-state index contributed by atoms with van der Waals surface area (Å²) < 4.78 is 0. The van der Waals surface area contributed by atoms with Crippen molar-refractivity contribution in [2.24, 2.45) is 0 Å². The zero-order valence-corrected chi connectivity index (χ0v) is 7.60. The lowest BCUT2D eigenvalue weighted by molar-refractivity contribution is 1.09. The minimum Gasteiger partial charge on any atom is -0.373 e. The molecule has 0 unspecified atom stereocenters. The number of anilines is 1. The van der Waals surface area contributed by atoms with Crippen LogP contribution in [0.3, 0.4) is 0 Å². The van der Waals surface area contributed by atoms with E-state index in [4.69, 9.17) is 11.6 Å². The van der Waals surface area contributed by atoms with Crippen LogP contribution in [0.2, 0.25) is 5.28 Å². The van der Waals surface area contributed by atoms with Crippen molar-refractivity contribution in [3.8, 4) is 0 Å². The van der Waals surface area contributed by atoms with Gasteiger partial charge in [-0.1, -0.05) is 6.08 Å². The topological polar surface area (TPSA) is 37.8 Å². The molecule has 0 radical (unpaired) electrons. The summed E-state index contributed by atoms with van der Waals surface area (Å²) >= 11 is 5.61. The molecule has 0 aliphatic carbocycles. The van der Waals surface area contributed by atoms with Gasteiger partial charge in [0.1, 0.15) is 5.82 Å². The zero-order chi connectivity index (χ0) is 8.97. The molecule has 64 valence electrons. The smallest absolute Gasteiger partial charge is 0.224 e. The second-order valence-electron chi connectivity index (χ2n) is 2.26. The Balaban J connectivity index is 3.01. The molecule has 0 amide bonds. The van der Waals surface area contributed by atoms with Crippen LogP contribution >= 0.6 is 11.6 Å². The van der Waals surface area contributed by atoms with Gasteiger partial charge in [0.2, 0.25) is 5.28 Å². The molecule has 1 aromatic heterocycles. The largest absolute Gasteiger partial charge is 0.373 e. The summed E-state index contributed by atoms with van der Waals surface area (Å²) in [5.74, 6) is 0.759. The van der Waals surface area contributed by atoms with Crippen LogP contribution in [-0.4, -0.2) is 17.0 Å². The lowest BCUT2D eigenvalue weighted by Gasteiger charge is -2.04. The highest BCUT2D eigenvalue weighted by Gasteiger charge is 2.01. The van der Waals surface area contributed by atoms with Gasteiger partial charge in [0.05, 0.1) is 0 Å². The highest BCUT2D eigenvalue weighted by Crippen LogP contribution is 2.13. The van der Waals surface area contributed by atoms with Gasteiger partial charge in [-0.05, 0) is 18.0 Å². The molecular weight excluding hydrogens is 174 g/mol. The van der Waals surface area contributed by atoms with Crippen molar-refractivity contribution in [3.63, 3.8) is 0 Å². The van der Waals surface area contributed by atoms with Gasteiger partial charge in [0.25, 0.3) is 0 Å². The predicted octanol–water partition coefficient (Wildman–Crippen LogP) is 1.90. The number of halogens is 1. The van der Waals surface area contributed by atoms with Crippen LogP contribution in [0.25, 0.3) is 0 Å². The van der Waals surface area contributed by atoms with Crippen LogP contribution in [0.15, 0.2) is 18.9 Å². The average Bonchev–Trinajstić information content (AvgIpc) is 2.08. The van der Waals surface area contributed by atoms with E-state index < -0.39 is 0 Å². The third-order valence-corrected chi connectivity index (χ3v) is 1.62. The normalized spacial score (nSPS) is 9.50. The maximum Gasteiger partial charge on any atom is 0.224 e. The van der Waals surface area contributed by atoms with E-state index in [1.807, 2.05) is 0 Å². The standard InChI is InChI=1S/C8H10ClN3/c1-3-4-6-5-11-8(9)12-7(6)10-2/h3,5H,1,4H2,2H3,(H,10,11,12). The van der Waals surface area contributed by atoms with Crippen molar-refractivity contribution in [2.75, 3.05) is 12.4 Å². The van der Waals surface area contributed by atoms with Crippen molar-refractivity contribution in [2.45, 2.75) is 6.42 Å². The molecule has 0 saturated carbocycles. The number of hydrogen-bond donors (Lipinski definition) is 1. The number of hydrogen-bond acceptors (Lipinski definition) is 3. The fraction of sp³-hybridized carbons (Fsp3) is 0.250. The molecule has 0 atom stereocenters. The first-order valence-corrected chi connectivity index (χ1v) is 3.95. The summed E-state index contributed by atoms with van der Waals surface area (Å²) in [5.41, 5.74) is 0.997. The molecule has 3 nitrogen and oxygen atoms in total. The summed E-state index contributed by atoms with van der Waals surface area (Å²) in [6, 6.07) is 0. The first-order chi connectivity index (χ1) is 5.77. The maximum atomic E-state index is 5.61. The molecule has 0 spiro atoms. The van der Waals surface area contributed by atoms with E-state index in [1.165, 1.54) is 0 Å². The SMILES string of the molecule is C=CCc1cnc(Cl)nc1NC. The Kier molecular flexibility index (Phi) is 3.05. The first kappa shape index (κ1) is 9.00. The Morgan fingerprint density at radius 1 is 1.75 bits per heavy atom. The molecule has 0 aliphatic heterocycles. The molecule has 0 aromatic carbocycles. The highest BCUT2D eigenvalue weighted by molar-refractivity contribution is 6.28. The van der Waals surface area contributed by atoms with Gasteiger partial charge >= 0.3 is 0 Å². The molecule has 1 aromatic rings. The average molecular weight is 184 g/mol. The van der Waals surface area contributed by atoms with Crippen LogP contribution in [0.1, 0.15) is 5.56 Å². The Bertz CT molecular complexity index is 286. The van der Waals surface area contributed by atoms with Crippen LogP contribution in [0, 0.1) is 0 Å². The number of allylic oxidation sites excluding steroid dienone is 1. The molecular formula is C8H10ClN3. The van der Waals surface area contributed by atoms with Crippen molar-refractivity contribution in [1.29, 1.82) is 0 Å². The van der Waals surface area contributed by atoms with Crippen molar-refractivity contribution >= 4 is 17.4 Å². The summed E-state index contributed by atoms with van der Waals surface area (Å²) in [4.78, 5) is 7.88. The minimum atomic E-state index is 0.257. The van der Waals surface area contributed by atoms with E-state index in [0.717, 1.165) is 17.8 Å². The first-order valence-electron chi connectivity index (χ1n) is 3.58. The summed E-state index contributed by atoms with van der Waals surface area (Å²) in [6.07, 6.45) is 4.24. The van der Waals surface area contributed by atoms with Gasteiger partial charge in [0, 0.05) is 18.8 Å². The van der Waals surface area contributed by atoms with E-state index >= 15 is 0 Å². The Morgan fingerprint density at radius 2 is 2.50 bits per heavy atom. The zero-order valence-electron chi connectivity index (χ0n) is 6.84. The third-order valence-electron chi connectivity index (χ3n) is 1.44. The predicted molar refractivity (Wildman–Crippen MR) is 50.5 cm³/mol. The second kappa shape index (κ2) is 4.07. The second-order valence-corrected chi connectivity index (χ2v) is 2.59. The molecule has 0 saturated heterocycles. The summed E-state index contributed by atoms with van der Waals surface area (Å²) in [6.45, 7) is 3.64. The Hall–Kier alpha value is -1.09. The fourth-order valence-electron chi connectivity index (χ4n) is 0.907.